The van der Waals surface area contributed by atoms with Gasteiger partial charge in [-0.15, -0.1) is 0 Å². The lowest BCUT2D eigenvalue weighted by atomic mass is 9.95. The summed E-state index contributed by atoms with van der Waals surface area (Å²) >= 11 is 0. The number of carbonyl (C=O) groups is 1. The van der Waals surface area contributed by atoms with Gasteiger partial charge in [-0.05, 0) is 35.7 Å². The van der Waals surface area contributed by atoms with E-state index in [4.69, 9.17) is 9.47 Å². The third-order valence-electron chi connectivity index (χ3n) is 5.88. The van der Waals surface area contributed by atoms with E-state index in [2.05, 4.69) is 41.2 Å². The Bertz CT molecular complexity index is 866. The number of hydrogen-bond donors (Lipinski definition) is 1. The van der Waals surface area contributed by atoms with E-state index in [1.165, 1.54) is 0 Å². The van der Waals surface area contributed by atoms with E-state index >= 15 is 0 Å². The lowest BCUT2D eigenvalue weighted by Gasteiger charge is -2.36. The molecule has 3 heterocycles. The number of carbonyl (C=O) groups excluding carboxylic acids is 1. The molecule has 0 aliphatic carbocycles. The van der Waals surface area contributed by atoms with Crippen LogP contribution < -0.4 is 19.7 Å². The summed E-state index contributed by atoms with van der Waals surface area (Å²) in [5.41, 5.74) is 1.12. The second-order valence-electron chi connectivity index (χ2n) is 8.42. The summed E-state index contributed by atoms with van der Waals surface area (Å²) in [5, 5.41) is 3.48. The van der Waals surface area contributed by atoms with Crippen LogP contribution in [0.1, 0.15) is 31.9 Å². The number of pyridine rings is 1. The largest absolute Gasteiger partial charge is 0.490 e. The molecule has 0 saturated carbocycles. The van der Waals surface area contributed by atoms with E-state index in [1.54, 1.807) is 0 Å². The van der Waals surface area contributed by atoms with Gasteiger partial charge in [-0.25, -0.2) is 4.98 Å². The van der Waals surface area contributed by atoms with Crippen LogP contribution in [-0.2, 0) is 4.79 Å². The quantitative estimate of drug-likeness (QED) is 0.769. The van der Waals surface area contributed by atoms with Gasteiger partial charge in [-0.3, -0.25) is 4.79 Å². The third kappa shape index (κ3) is 5.28. The second kappa shape index (κ2) is 10.0. The average molecular weight is 425 g/mol. The monoisotopic (exact) mass is 424 g/mol. The molecular weight excluding hydrogens is 392 g/mol. The van der Waals surface area contributed by atoms with E-state index < -0.39 is 0 Å². The standard InChI is InChI=1S/C24H32N4O3/c1-18(2)24(19-7-8-20-21(16-19)31-15-5-14-30-20)26-17-23(29)28-12-10-27(11-13-28)22-6-3-4-9-25-22/h3-4,6-9,16,18,24,26H,5,10-15,17H2,1-2H3. The summed E-state index contributed by atoms with van der Waals surface area (Å²) in [6.45, 7) is 9.03. The van der Waals surface area contributed by atoms with Crippen LogP contribution >= 0.6 is 0 Å². The number of anilines is 1. The molecule has 0 spiro atoms. The van der Waals surface area contributed by atoms with Crippen LogP contribution in [0.5, 0.6) is 11.5 Å². The first kappa shape index (κ1) is 21.4. The van der Waals surface area contributed by atoms with Crippen molar-refractivity contribution in [2.24, 2.45) is 5.92 Å². The molecule has 1 aromatic heterocycles. The molecule has 1 unspecified atom stereocenters. The molecular formula is C24H32N4O3. The normalized spacial score (nSPS) is 17.4. The zero-order valence-corrected chi connectivity index (χ0v) is 18.4. The smallest absolute Gasteiger partial charge is 0.236 e. The van der Waals surface area contributed by atoms with E-state index in [0.29, 0.717) is 38.8 Å². The molecule has 1 saturated heterocycles. The molecule has 7 nitrogen and oxygen atoms in total. The predicted octanol–water partition coefficient (Wildman–Crippen LogP) is 2.88. The van der Waals surface area contributed by atoms with Crippen LogP contribution in [0.2, 0.25) is 0 Å². The Labute approximate surface area is 184 Å². The van der Waals surface area contributed by atoms with E-state index in [1.807, 2.05) is 35.4 Å². The van der Waals surface area contributed by atoms with Gasteiger partial charge in [0.15, 0.2) is 11.5 Å². The highest BCUT2D eigenvalue weighted by atomic mass is 16.5. The van der Waals surface area contributed by atoms with Crippen molar-refractivity contribution < 1.29 is 14.3 Å². The molecule has 2 aliphatic heterocycles. The van der Waals surface area contributed by atoms with Crippen LogP contribution in [0, 0.1) is 5.92 Å². The maximum absolute atomic E-state index is 12.9. The summed E-state index contributed by atoms with van der Waals surface area (Å²) in [4.78, 5) is 21.4. The Hall–Kier alpha value is -2.80. The number of fused-ring (bicyclic) bond motifs is 1. The summed E-state index contributed by atoms with van der Waals surface area (Å²) in [6, 6.07) is 12.1. The van der Waals surface area contributed by atoms with Crippen LogP contribution in [0.25, 0.3) is 0 Å². The van der Waals surface area contributed by atoms with E-state index in [0.717, 1.165) is 42.4 Å². The van der Waals surface area contributed by atoms with Crippen molar-refractivity contribution in [3.63, 3.8) is 0 Å². The van der Waals surface area contributed by atoms with Crippen molar-refractivity contribution in [3.05, 3.63) is 48.2 Å². The highest BCUT2D eigenvalue weighted by Gasteiger charge is 2.24. The SMILES string of the molecule is CC(C)C(NCC(=O)N1CCN(c2ccccn2)CC1)c1ccc2c(c1)OCCCO2. The first-order chi connectivity index (χ1) is 15.1. The van der Waals surface area contributed by atoms with Gasteiger partial charge in [0.25, 0.3) is 0 Å². The van der Waals surface area contributed by atoms with Crippen molar-refractivity contribution in [3.8, 4) is 11.5 Å². The first-order valence-electron chi connectivity index (χ1n) is 11.2. The fraction of sp³-hybridized carbons (Fsp3) is 0.500. The van der Waals surface area contributed by atoms with Crippen LogP contribution in [0.15, 0.2) is 42.6 Å². The van der Waals surface area contributed by atoms with Gasteiger partial charge in [-0.2, -0.15) is 0 Å². The van der Waals surface area contributed by atoms with Crippen molar-refractivity contribution in [2.75, 3.05) is 50.8 Å². The van der Waals surface area contributed by atoms with E-state index in [-0.39, 0.29) is 11.9 Å². The molecule has 0 bridgehead atoms. The van der Waals surface area contributed by atoms with Crippen molar-refractivity contribution in [2.45, 2.75) is 26.3 Å². The highest BCUT2D eigenvalue weighted by Crippen LogP contribution is 2.34. The molecule has 7 heteroatoms. The average Bonchev–Trinajstić information content (AvgIpc) is 3.04. The minimum absolute atomic E-state index is 0.0657. The van der Waals surface area contributed by atoms with Crippen molar-refractivity contribution in [1.29, 1.82) is 0 Å². The molecule has 1 fully saturated rings. The van der Waals surface area contributed by atoms with Gasteiger partial charge in [0.2, 0.25) is 5.91 Å². The molecule has 1 aromatic carbocycles. The Morgan fingerprint density at radius 2 is 1.84 bits per heavy atom. The number of benzene rings is 1. The molecule has 2 aromatic rings. The summed E-state index contributed by atoms with van der Waals surface area (Å²) < 4.78 is 11.6. The Morgan fingerprint density at radius 1 is 1.06 bits per heavy atom. The highest BCUT2D eigenvalue weighted by molar-refractivity contribution is 5.78. The topological polar surface area (TPSA) is 66.9 Å². The van der Waals surface area contributed by atoms with Gasteiger partial charge in [0, 0.05) is 44.8 Å². The Balaban J connectivity index is 1.33. The maximum atomic E-state index is 12.9. The lowest BCUT2D eigenvalue weighted by Crippen LogP contribution is -2.51. The number of hydrogen-bond acceptors (Lipinski definition) is 6. The van der Waals surface area contributed by atoms with Crippen molar-refractivity contribution in [1.82, 2.24) is 15.2 Å². The molecule has 31 heavy (non-hydrogen) atoms. The van der Waals surface area contributed by atoms with Crippen molar-refractivity contribution >= 4 is 11.7 Å². The van der Waals surface area contributed by atoms with Gasteiger partial charge < -0.3 is 24.6 Å². The molecule has 1 atom stereocenters. The first-order valence-corrected chi connectivity index (χ1v) is 11.2. The molecule has 0 radical (unpaired) electrons. The predicted molar refractivity (Wildman–Crippen MR) is 121 cm³/mol. The number of nitrogens with zero attached hydrogens (tertiary/aromatic N) is 3. The summed E-state index contributed by atoms with van der Waals surface area (Å²) in [7, 11) is 0. The zero-order chi connectivity index (χ0) is 21.6. The number of nitrogens with one attached hydrogen (secondary N) is 1. The number of aromatic nitrogens is 1. The number of ether oxygens (including phenoxy) is 2. The fourth-order valence-electron chi connectivity index (χ4n) is 4.15. The fourth-order valence-corrected chi connectivity index (χ4v) is 4.15. The minimum atomic E-state index is 0.0657. The van der Waals surface area contributed by atoms with Gasteiger partial charge >= 0.3 is 0 Å². The van der Waals surface area contributed by atoms with Gasteiger partial charge in [0.1, 0.15) is 5.82 Å². The second-order valence-corrected chi connectivity index (χ2v) is 8.42. The van der Waals surface area contributed by atoms with Gasteiger partial charge in [0.05, 0.1) is 19.8 Å². The minimum Gasteiger partial charge on any atom is -0.490 e. The number of rotatable bonds is 6. The molecule has 1 amide bonds. The Kier molecular flexibility index (Phi) is 6.92. The molecule has 166 valence electrons. The van der Waals surface area contributed by atoms with Crippen LogP contribution in [-0.4, -0.2) is 61.7 Å². The lowest BCUT2D eigenvalue weighted by molar-refractivity contribution is -0.130. The Morgan fingerprint density at radius 3 is 2.55 bits per heavy atom. The van der Waals surface area contributed by atoms with E-state index in [9.17, 15) is 4.79 Å². The van der Waals surface area contributed by atoms with Crippen LogP contribution in [0.3, 0.4) is 0 Å². The summed E-state index contributed by atoms with van der Waals surface area (Å²) in [6.07, 6.45) is 2.69. The van der Waals surface area contributed by atoms with Gasteiger partial charge in [-0.1, -0.05) is 26.0 Å². The summed E-state index contributed by atoms with van der Waals surface area (Å²) in [5.74, 6) is 3.03. The maximum Gasteiger partial charge on any atom is 0.236 e. The zero-order valence-electron chi connectivity index (χ0n) is 18.4. The third-order valence-corrected chi connectivity index (χ3v) is 5.88. The molecule has 1 N–H and O–H groups in total. The molecule has 2 aliphatic rings. The number of piperazine rings is 1. The molecule has 4 rings (SSSR count). The number of amides is 1. The van der Waals surface area contributed by atoms with Crippen LogP contribution in [0.4, 0.5) is 5.82 Å².